The number of quaternary nitrogens is 1. The minimum absolute atomic E-state index is 0.0280. The monoisotopic (exact) mass is 814 g/mol. The summed E-state index contributed by atoms with van der Waals surface area (Å²) in [5.41, 5.74) is 0. The van der Waals surface area contributed by atoms with Crippen molar-refractivity contribution >= 4 is 13.8 Å². The van der Waals surface area contributed by atoms with E-state index >= 15 is 0 Å². The minimum Gasteiger partial charge on any atom is -0.756 e. The number of esters is 1. The highest BCUT2D eigenvalue weighted by Gasteiger charge is 2.20. The van der Waals surface area contributed by atoms with Crippen LogP contribution >= 0.6 is 7.82 Å². The molecule has 0 rings (SSSR count). The predicted octanol–water partition coefficient (Wildman–Crippen LogP) is 13.4. The number of likely N-dealkylation sites (N-methyl/N-ethyl adjacent to an activating group) is 1. The molecule has 0 heterocycles. The van der Waals surface area contributed by atoms with Crippen LogP contribution in [0.5, 0.6) is 0 Å². The first-order chi connectivity index (χ1) is 27.1. The number of hydrogen-bond acceptors (Lipinski definition) is 7. The van der Waals surface area contributed by atoms with Crippen LogP contribution in [0.1, 0.15) is 213 Å². The highest BCUT2D eigenvalue weighted by molar-refractivity contribution is 7.45. The quantitative estimate of drug-likeness (QED) is 0.0199. The summed E-state index contributed by atoms with van der Waals surface area (Å²) in [5, 5.41) is 0. The average Bonchev–Trinajstić information content (AvgIpc) is 3.15. The van der Waals surface area contributed by atoms with E-state index in [0.29, 0.717) is 24.1 Å². The molecule has 0 saturated heterocycles. The van der Waals surface area contributed by atoms with Crippen LogP contribution in [0.3, 0.4) is 0 Å². The molecule has 0 aromatic carbocycles. The fourth-order valence-electron chi connectivity index (χ4n) is 6.58. The first-order valence-corrected chi connectivity index (χ1v) is 25.0. The smallest absolute Gasteiger partial charge is 0.306 e. The second-order valence-corrected chi connectivity index (χ2v) is 18.5. The van der Waals surface area contributed by atoms with Crippen LogP contribution in [0.2, 0.25) is 0 Å². The Kier molecular flexibility index (Phi) is 40.0. The van der Waals surface area contributed by atoms with Crippen molar-refractivity contribution < 1.29 is 37.3 Å². The third-order valence-corrected chi connectivity index (χ3v) is 11.2. The van der Waals surface area contributed by atoms with E-state index in [4.69, 9.17) is 18.5 Å². The van der Waals surface area contributed by atoms with Crippen LogP contribution in [0.15, 0.2) is 24.3 Å². The van der Waals surface area contributed by atoms with Gasteiger partial charge in [-0.1, -0.05) is 186 Å². The summed E-state index contributed by atoms with van der Waals surface area (Å²) in [7, 11) is 1.36. The van der Waals surface area contributed by atoms with Crippen molar-refractivity contribution in [2.45, 2.75) is 219 Å². The SMILES string of the molecule is CCCCCCC/C=C\C/C=C\CCCCCCCCCCCCCCOCC(COP(=O)([O-])OCC[N+](C)(C)C)OC(=O)CCCCCCCCCCCC. The van der Waals surface area contributed by atoms with Gasteiger partial charge in [-0.25, -0.2) is 0 Å². The second-order valence-electron chi connectivity index (χ2n) is 17.1. The number of carbonyl (C=O) groups is 1. The summed E-state index contributed by atoms with van der Waals surface area (Å²) in [6, 6.07) is 0. The van der Waals surface area contributed by atoms with E-state index in [1.165, 1.54) is 154 Å². The molecule has 2 atom stereocenters. The van der Waals surface area contributed by atoms with Gasteiger partial charge in [-0.15, -0.1) is 0 Å². The van der Waals surface area contributed by atoms with Gasteiger partial charge in [0.15, 0.2) is 0 Å². The van der Waals surface area contributed by atoms with Crippen LogP contribution < -0.4 is 4.89 Å². The lowest BCUT2D eigenvalue weighted by molar-refractivity contribution is -0.870. The molecule has 56 heavy (non-hydrogen) atoms. The largest absolute Gasteiger partial charge is 0.756 e. The Balaban J connectivity index is 4.04. The van der Waals surface area contributed by atoms with E-state index in [1.807, 2.05) is 21.1 Å². The standard InChI is InChI=1S/C47H92NO7P/c1-6-8-10-12-14-16-18-19-20-21-22-23-24-25-26-27-28-29-30-31-33-35-37-39-42-52-44-46(45-54-56(50,51)53-43-41-48(3,4)5)55-47(49)40-38-36-34-32-17-15-13-11-9-7-2/h18-19,21-22,46H,6-17,20,23-45H2,1-5H3/b19-18-,22-21-. The molecule has 0 bridgehead atoms. The number of ether oxygens (including phenoxy) is 2. The highest BCUT2D eigenvalue weighted by Crippen LogP contribution is 2.38. The van der Waals surface area contributed by atoms with Gasteiger partial charge in [-0.3, -0.25) is 9.36 Å². The maximum atomic E-state index is 12.6. The van der Waals surface area contributed by atoms with E-state index in [2.05, 4.69) is 38.2 Å². The van der Waals surface area contributed by atoms with Gasteiger partial charge >= 0.3 is 5.97 Å². The molecule has 0 aliphatic carbocycles. The summed E-state index contributed by atoms with van der Waals surface area (Å²) in [5.74, 6) is -0.335. The predicted molar refractivity (Wildman–Crippen MR) is 236 cm³/mol. The average molecular weight is 814 g/mol. The number of nitrogens with zero attached hydrogens (tertiary/aromatic N) is 1. The Labute approximate surface area is 347 Å². The molecule has 0 aliphatic rings. The van der Waals surface area contributed by atoms with Gasteiger partial charge in [0.2, 0.25) is 0 Å². The van der Waals surface area contributed by atoms with E-state index in [9.17, 15) is 14.3 Å². The molecule has 0 fully saturated rings. The Morgan fingerprint density at radius 3 is 1.45 bits per heavy atom. The molecule has 0 N–H and O–H groups in total. The molecule has 8 nitrogen and oxygen atoms in total. The summed E-state index contributed by atoms with van der Waals surface area (Å²) in [6.45, 7) is 5.41. The number of unbranched alkanes of at least 4 members (excludes halogenated alkanes) is 26. The molecule has 0 amide bonds. The lowest BCUT2D eigenvalue weighted by Gasteiger charge is -2.28. The Bertz CT molecular complexity index is 951. The van der Waals surface area contributed by atoms with Crippen LogP contribution in [0, 0.1) is 0 Å². The number of phosphoric acid groups is 1. The zero-order chi connectivity index (χ0) is 41.3. The molecular weight excluding hydrogens is 721 g/mol. The fraction of sp³-hybridized carbons (Fsp3) is 0.894. The summed E-state index contributed by atoms with van der Waals surface area (Å²) >= 11 is 0. The van der Waals surface area contributed by atoms with Gasteiger partial charge in [-0.2, -0.15) is 0 Å². The number of allylic oxidation sites excluding steroid dienone is 4. The zero-order valence-electron chi connectivity index (χ0n) is 37.6. The minimum atomic E-state index is -4.52. The molecular formula is C47H92NO7P. The first kappa shape index (κ1) is 55.0. The number of phosphoric ester groups is 1. The maximum Gasteiger partial charge on any atom is 0.306 e. The molecule has 0 saturated carbocycles. The molecule has 0 aromatic heterocycles. The fourth-order valence-corrected chi connectivity index (χ4v) is 7.31. The van der Waals surface area contributed by atoms with E-state index < -0.39 is 13.9 Å². The van der Waals surface area contributed by atoms with E-state index in [-0.39, 0.29) is 25.8 Å². The Hall–Kier alpha value is -1.02. The maximum absolute atomic E-state index is 12.6. The summed E-state index contributed by atoms with van der Waals surface area (Å²) in [4.78, 5) is 25.0. The van der Waals surface area contributed by atoms with Crippen molar-refractivity contribution in [2.24, 2.45) is 0 Å². The van der Waals surface area contributed by atoms with Gasteiger partial charge in [0, 0.05) is 13.0 Å². The molecule has 0 aromatic rings. The molecule has 2 unspecified atom stereocenters. The van der Waals surface area contributed by atoms with Gasteiger partial charge in [0.25, 0.3) is 7.82 Å². The normalized spacial score (nSPS) is 13.9. The third kappa shape index (κ3) is 44.1. The van der Waals surface area contributed by atoms with E-state index in [0.717, 1.165) is 38.5 Å². The highest BCUT2D eigenvalue weighted by atomic mass is 31.2. The van der Waals surface area contributed by atoms with Crippen LogP contribution in [0.4, 0.5) is 0 Å². The van der Waals surface area contributed by atoms with Gasteiger partial charge in [0.05, 0.1) is 34.4 Å². The lowest BCUT2D eigenvalue weighted by atomic mass is 10.0. The topological polar surface area (TPSA) is 94.1 Å². The van der Waals surface area contributed by atoms with Crippen LogP contribution in [0.25, 0.3) is 0 Å². The van der Waals surface area contributed by atoms with Gasteiger partial charge in [-0.05, 0) is 44.9 Å². The van der Waals surface area contributed by atoms with Crippen LogP contribution in [-0.2, 0) is 27.9 Å². The van der Waals surface area contributed by atoms with Crippen molar-refractivity contribution in [3.05, 3.63) is 24.3 Å². The van der Waals surface area contributed by atoms with Crippen molar-refractivity contribution in [3.8, 4) is 0 Å². The van der Waals surface area contributed by atoms with Crippen molar-refractivity contribution in [2.75, 3.05) is 54.1 Å². The van der Waals surface area contributed by atoms with Crippen molar-refractivity contribution in [3.63, 3.8) is 0 Å². The number of rotatable bonds is 44. The third-order valence-electron chi connectivity index (χ3n) is 10.3. The van der Waals surface area contributed by atoms with Crippen LogP contribution in [-0.4, -0.2) is 70.7 Å². The summed E-state index contributed by atoms with van der Waals surface area (Å²) in [6.07, 6.45) is 46.3. The Morgan fingerprint density at radius 1 is 0.554 bits per heavy atom. The lowest BCUT2D eigenvalue weighted by Crippen LogP contribution is -2.37. The van der Waals surface area contributed by atoms with Crippen molar-refractivity contribution in [1.82, 2.24) is 0 Å². The van der Waals surface area contributed by atoms with Gasteiger partial charge in [0.1, 0.15) is 19.3 Å². The molecule has 0 aliphatic heterocycles. The zero-order valence-corrected chi connectivity index (χ0v) is 38.5. The van der Waals surface area contributed by atoms with Gasteiger partial charge < -0.3 is 27.9 Å². The second kappa shape index (κ2) is 40.7. The first-order valence-electron chi connectivity index (χ1n) is 23.6. The number of hydrogen-bond donors (Lipinski definition) is 0. The van der Waals surface area contributed by atoms with E-state index in [1.54, 1.807) is 0 Å². The number of carbonyl (C=O) groups excluding carboxylic acids is 1. The van der Waals surface area contributed by atoms with Crippen molar-refractivity contribution in [1.29, 1.82) is 0 Å². The molecule has 9 heteroatoms. The summed E-state index contributed by atoms with van der Waals surface area (Å²) < 4.78 is 34.6. The molecule has 0 spiro atoms. The molecule has 0 radical (unpaired) electrons. The Morgan fingerprint density at radius 2 is 0.982 bits per heavy atom. The molecule has 332 valence electrons.